The molecule has 0 saturated heterocycles. The van der Waals surface area contributed by atoms with Crippen LogP contribution in [0.5, 0.6) is 0 Å². The Hall–Kier alpha value is -2.61. The van der Waals surface area contributed by atoms with Crippen molar-refractivity contribution in [3.8, 4) is 0 Å². The van der Waals surface area contributed by atoms with Gasteiger partial charge in [-0.1, -0.05) is 48.4 Å². The number of aliphatic hydroxyl groups excluding tert-OH is 1. The van der Waals surface area contributed by atoms with Gasteiger partial charge in [-0.3, -0.25) is 4.79 Å². The summed E-state index contributed by atoms with van der Waals surface area (Å²) in [5.74, 6) is 0.308. The van der Waals surface area contributed by atoms with Crippen LogP contribution in [-0.2, 0) is 15.8 Å². The molecule has 0 heterocycles. The Morgan fingerprint density at radius 3 is 2.67 bits per heavy atom. The fourth-order valence-electron chi connectivity index (χ4n) is 7.07. The van der Waals surface area contributed by atoms with Crippen molar-refractivity contribution in [3.63, 3.8) is 0 Å². The number of benzene rings is 1. The van der Waals surface area contributed by atoms with Crippen LogP contribution in [0.3, 0.4) is 0 Å². The summed E-state index contributed by atoms with van der Waals surface area (Å²) >= 11 is 0. The average Bonchev–Trinajstić information content (AvgIpc) is 3.15. The molecule has 8 heteroatoms. The quantitative estimate of drug-likeness (QED) is 0.478. The van der Waals surface area contributed by atoms with Gasteiger partial charge in [-0.25, -0.2) is 0 Å². The summed E-state index contributed by atoms with van der Waals surface area (Å²) in [4.78, 5) is 17.7. The van der Waals surface area contributed by atoms with Crippen LogP contribution < -0.4 is 5.32 Å². The summed E-state index contributed by atoms with van der Waals surface area (Å²) in [6.07, 6.45) is 6.27. The van der Waals surface area contributed by atoms with Gasteiger partial charge in [0.05, 0.1) is 17.4 Å². The lowest BCUT2D eigenvalue weighted by atomic mass is 9.51. The van der Waals surface area contributed by atoms with Gasteiger partial charge in [0, 0.05) is 11.1 Å². The van der Waals surface area contributed by atoms with E-state index in [0.717, 1.165) is 62.8 Å². The summed E-state index contributed by atoms with van der Waals surface area (Å²) in [6, 6.07) is 4.52. The Kier molecular flexibility index (Phi) is 6.30. The third-order valence-corrected chi connectivity index (χ3v) is 9.13. The first kappa shape index (κ1) is 25.1. The van der Waals surface area contributed by atoms with Gasteiger partial charge in [0.25, 0.3) is 5.91 Å². The number of halogens is 3. The highest BCUT2D eigenvalue weighted by Crippen LogP contribution is 2.62. The number of fused-ring (bicyclic) bond motifs is 5. The molecule has 5 atom stereocenters. The van der Waals surface area contributed by atoms with Crippen LogP contribution in [0.1, 0.15) is 64.4 Å². The Bertz CT molecular complexity index is 1140. The highest BCUT2D eigenvalue weighted by molar-refractivity contribution is 5.93. The van der Waals surface area contributed by atoms with Crippen LogP contribution in [0.25, 0.3) is 0 Å². The lowest BCUT2D eigenvalue weighted by Crippen LogP contribution is -2.46. The minimum Gasteiger partial charge on any atom is -0.393 e. The average molecular weight is 503 g/mol. The van der Waals surface area contributed by atoms with Crippen LogP contribution in [-0.4, -0.2) is 29.4 Å². The molecule has 5 nitrogen and oxygen atoms in total. The van der Waals surface area contributed by atoms with Crippen molar-refractivity contribution in [2.24, 2.45) is 27.8 Å². The van der Waals surface area contributed by atoms with E-state index in [1.807, 2.05) is 0 Å². The first-order valence-corrected chi connectivity index (χ1v) is 12.8. The van der Waals surface area contributed by atoms with E-state index in [0.29, 0.717) is 11.8 Å². The van der Waals surface area contributed by atoms with E-state index >= 15 is 0 Å². The molecule has 3 saturated carbocycles. The number of alkyl halides is 3. The molecule has 4 aliphatic carbocycles. The fourth-order valence-corrected chi connectivity index (χ4v) is 7.07. The molecular weight excluding hydrogens is 469 g/mol. The Labute approximate surface area is 209 Å². The standard InChI is InChI=1S/C28H33F3N2O3/c1-26-12-10-20(34)15-17(26)6-7-21-22-8-9-24(27(22,2)13-11-23(21)26)33-36-16-25(35)32-19-5-3-4-18(14-19)28(29,30)31/h3-7,14,20,22-23,34H,8-13,15-16H2,1-2H3,(H,32,35)/b33-24+/t20-,22-,23-,26-,27-/m0/s1. The number of aliphatic hydroxyl groups is 1. The maximum atomic E-state index is 12.9. The molecule has 2 N–H and O–H groups in total. The van der Waals surface area contributed by atoms with E-state index < -0.39 is 17.6 Å². The highest BCUT2D eigenvalue weighted by Gasteiger charge is 2.55. The molecule has 0 spiro atoms. The number of allylic oxidation sites excluding steroid dienone is 3. The van der Waals surface area contributed by atoms with Crippen LogP contribution in [0.4, 0.5) is 18.9 Å². The maximum Gasteiger partial charge on any atom is 0.416 e. The number of rotatable bonds is 4. The van der Waals surface area contributed by atoms with Gasteiger partial charge in [0.15, 0.2) is 6.61 Å². The molecular formula is C28H33F3N2O3. The normalized spacial score (nSPS) is 34.7. The van der Waals surface area contributed by atoms with E-state index in [9.17, 15) is 23.1 Å². The molecule has 0 radical (unpaired) electrons. The summed E-state index contributed by atoms with van der Waals surface area (Å²) in [7, 11) is 0. The van der Waals surface area contributed by atoms with E-state index in [-0.39, 0.29) is 29.2 Å². The summed E-state index contributed by atoms with van der Waals surface area (Å²) < 4.78 is 38.7. The van der Waals surface area contributed by atoms with Gasteiger partial charge in [-0.05, 0) is 80.4 Å². The summed E-state index contributed by atoms with van der Waals surface area (Å²) in [5, 5.41) is 17.0. The van der Waals surface area contributed by atoms with Crippen molar-refractivity contribution in [1.82, 2.24) is 0 Å². The van der Waals surface area contributed by atoms with Gasteiger partial charge in [-0.2, -0.15) is 13.2 Å². The van der Waals surface area contributed by atoms with Gasteiger partial charge < -0.3 is 15.3 Å². The van der Waals surface area contributed by atoms with Crippen LogP contribution >= 0.6 is 0 Å². The minimum atomic E-state index is -4.47. The zero-order valence-electron chi connectivity index (χ0n) is 20.7. The third kappa shape index (κ3) is 4.38. The molecule has 0 unspecified atom stereocenters. The highest BCUT2D eigenvalue weighted by atomic mass is 19.4. The molecule has 0 bridgehead atoms. The third-order valence-electron chi connectivity index (χ3n) is 9.13. The van der Waals surface area contributed by atoms with Crippen molar-refractivity contribution >= 4 is 17.3 Å². The minimum absolute atomic E-state index is 0.0673. The van der Waals surface area contributed by atoms with Crippen LogP contribution in [0.2, 0.25) is 0 Å². The zero-order valence-corrected chi connectivity index (χ0v) is 20.7. The van der Waals surface area contributed by atoms with E-state index in [1.165, 1.54) is 23.3 Å². The number of oxime groups is 1. The number of hydrogen-bond acceptors (Lipinski definition) is 4. The lowest BCUT2D eigenvalue weighted by Gasteiger charge is -2.53. The monoisotopic (exact) mass is 502 g/mol. The van der Waals surface area contributed by atoms with Gasteiger partial charge in [-0.15, -0.1) is 0 Å². The Morgan fingerprint density at radius 1 is 1.14 bits per heavy atom. The van der Waals surface area contributed by atoms with E-state index in [1.54, 1.807) is 0 Å². The van der Waals surface area contributed by atoms with E-state index in [2.05, 4.69) is 36.5 Å². The van der Waals surface area contributed by atoms with Gasteiger partial charge >= 0.3 is 6.18 Å². The topological polar surface area (TPSA) is 70.9 Å². The number of carbonyl (C=O) groups excluding carboxylic acids is 1. The van der Waals surface area contributed by atoms with Gasteiger partial charge in [0.2, 0.25) is 0 Å². The van der Waals surface area contributed by atoms with Crippen molar-refractivity contribution < 1.29 is 27.9 Å². The number of nitrogens with one attached hydrogen (secondary N) is 1. The molecule has 36 heavy (non-hydrogen) atoms. The van der Waals surface area contributed by atoms with Crippen molar-refractivity contribution in [1.29, 1.82) is 0 Å². The number of amides is 1. The molecule has 1 amide bonds. The van der Waals surface area contributed by atoms with Gasteiger partial charge in [0.1, 0.15) is 0 Å². The molecule has 0 aromatic heterocycles. The number of nitrogens with zero attached hydrogens (tertiary/aromatic N) is 1. The molecule has 0 aliphatic heterocycles. The molecule has 3 fully saturated rings. The number of hydrogen-bond donors (Lipinski definition) is 2. The molecule has 194 valence electrons. The second-order valence-corrected chi connectivity index (χ2v) is 11.2. The van der Waals surface area contributed by atoms with Crippen molar-refractivity contribution in [2.45, 2.75) is 71.1 Å². The van der Waals surface area contributed by atoms with Crippen LogP contribution in [0, 0.1) is 22.7 Å². The zero-order chi connectivity index (χ0) is 25.7. The SMILES string of the molecule is C[C@]12CC[C@H](O)CC1=CC=C1[C@@H]2CC[C@]2(C)/C(=N/OCC(=O)Nc3cccc(C(F)(F)F)c3)CC[C@@H]12. The first-order chi connectivity index (χ1) is 17.0. The smallest absolute Gasteiger partial charge is 0.393 e. The summed E-state index contributed by atoms with van der Waals surface area (Å²) in [6.45, 7) is 4.23. The second kappa shape index (κ2) is 9.05. The fraction of sp³-hybridized carbons (Fsp3) is 0.571. The molecule has 1 aromatic rings. The second-order valence-electron chi connectivity index (χ2n) is 11.2. The molecule has 5 rings (SSSR count). The molecule has 1 aromatic carbocycles. The predicted molar refractivity (Wildman–Crippen MR) is 131 cm³/mol. The van der Waals surface area contributed by atoms with Crippen LogP contribution in [0.15, 0.2) is 52.7 Å². The number of anilines is 1. The Morgan fingerprint density at radius 2 is 1.89 bits per heavy atom. The predicted octanol–water partition coefficient (Wildman–Crippen LogP) is 6.26. The maximum absolute atomic E-state index is 12.9. The lowest BCUT2D eigenvalue weighted by molar-refractivity contribution is -0.137. The Balaban J connectivity index is 1.24. The largest absolute Gasteiger partial charge is 0.416 e. The molecule has 4 aliphatic rings. The van der Waals surface area contributed by atoms with E-state index in [4.69, 9.17) is 4.84 Å². The van der Waals surface area contributed by atoms with Crippen molar-refractivity contribution in [3.05, 3.63) is 53.1 Å². The number of carbonyl (C=O) groups is 1. The van der Waals surface area contributed by atoms with Crippen molar-refractivity contribution in [2.75, 3.05) is 11.9 Å². The summed E-state index contributed by atoms with van der Waals surface area (Å²) in [5.41, 5.74) is 3.05. The first-order valence-electron chi connectivity index (χ1n) is 12.8.